The van der Waals surface area contributed by atoms with Gasteiger partial charge in [0.15, 0.2) is 0 Å². The van der Waals surface area contributed by atoms with Crippen molar-refractivity contribution in [1.29, 1.82) is 0 Å². The SMILES string of the molecule is Cc1ccc(C(=O)Nc2ccc(N3CCN(Cc4ccccc4)C3=O)nc2)cc1. The van der Waals surface area contributed by atoms with Gasteiger partial charge in [0, 0.05) is 25.2 Å². The van der Waals surface area contributed by atoms with Crippen LogP contribution in [0.4, 0.5) is 16.3 Å². The Kier molecular flexibility index (Phi) is 5.24. The Morgan fingerprint density at radius 3 is 2.45 bits per heavy atom. The molecule has 0 unspecified atom stereocenters. The molecule has 29 heavy (non-hydrogen) atoms. The minimum atomic E-state index is -0.189. The molecule has 2 aromatic carbocycles. The third kappa shape index (κ3) is 4.27. The Morgan fingerprint density at radius 2 is 1.76 bits per heavy atom. The van der Waals surface area contributed by atoms with Crippen molar-refractivity contribution in [2.24, 2.45) is 0 Å². The number of pyridine rings is 1. The molecule has 0 saturated carbocycles. The van der Waals surface area contributed by atoms with Crippen LogP contribution in [0.25, 0.3) is 0 Å². The molecule has 6 nitrogen and oxygen atoms in total. The highest BCUT2D eigenvalue weighted by Gasteiger charge is 2.30. The van der Waals surface area contributed by atoms with Crippen molar-refractivity contribution < 1.29 is 9.59 Å². The molecule has 0 atom stereocenters. The normalized spacial score (nSPS) is 13.6. The number of aryl methyl sites for hydroxylation is 1. The molecule has 1 aromatic heterocycles. The van der Waals surface area contributed by atoms with Gasteiger partial charge in [0.25, 0.3) is 5.91 Å². The number of aromatic nitrogens is 1. The summed E-state index contributed by atoms with van der Waals surface area (Å²) < 4.78 is 0. The fourth-order valence-electron chi connectivity index (χ4n) is 3.27. The van der Waals surface area contributed by atoms with Gasteiger partial charge >= 0.3 is 6.03 Å². The number of rotatable bonds is 5. The first kappa shape index (κ1) is 18.7. The van der Waals surface area contributed by atoms with Gasteiger partial charge in [0.2, 0.25) is 0 Å². The van der Waals surface area contributed by atoms with E-state index in [0.717, 1.165) is 11.1 Å². The maximum absolute atomic E-state index is 12.7. The number of nitrogens with one attached hydrogen (secondary N) is 1. The molecule has 0 spiro atoms. The molecule has 0 bridgehead atoms. The van der Waals surface area contributed by atoms with Crippen molar-refractivity contribution in [2.75, 3.05) is 23.3 Å². The smallest absolute Gasteiger partial charge is 0.321 e. The average Bonchev–Trinajstić information content (AvgIpc) is 3.10. The van der Waals surface area contributed by atoms with Crippen LogP contribution in [0, 0.1) is 6.92 Å². The second kappa shape index (κ2) is 8.14. The van der Waals surface area contributed by atoms with Crippen LogP contribution in [0.1, 0.15) is 21.5 Å². The van der Waals surface area contributed by atoms with Crippen molar-refractivity contribution in [2.45, 2.75) is 13.5 Å². The number of carbonyl (C=O) groups is 2. The molecule has 1 fully saturated rings. The van der Waals surface area contributed by atoms with Gasteiger partial charge < -0.3 is 10.2 Å². The van der Waals surface area contributed by atoms with Crippen LogP contribution in [0.3, 0.4) is 0 Å². The summed E-state index contributed by atoms with van der Waals surface area (Å²) in [4.78, 5) is 32.9. The molecule has 146 valence electrons. The quantitative estimate of drug-likeness (QED) is 0.718. The maximum Gasteiger partial charge on any atom is 0.326 e. The Labute approximate surface area is 169 Å². The zero-order chi connectivity index (χ0) is 20.2. The number of benzene rings is 2. The van der Waals surface area contributed by atoms with Gasteiger partial charge in [-0.3, -0.25) is 9.69 Å². The lowest BCUT2D eigenvalue weighted by Crippen LogP contribution is -2.31. The van der Waals surface area contributed by atoms with E-state index in [0.29, 0.717) is 36.7 Å². The van der Waals surface area contributed by atoms with E-state index in [2.05, 4.69) is 10.3 Å². The fourth-order valence-corrected chi connectivity index (χ4v) is 3.27. The molecule has 1 aliphatic heterocycles. The van der Waals surface area contributed by atoms with E-state index in [1.165, 1.54) is 0 Å². The molecule has 1 N–H and O–H groups in total. The number of hydrogen-bond donors (Lipinski definition) is 1. The van der Waals surface area contributed by atoms with E-state index in [-0.39, 0.29) is 11.9 Å². The minimum absolute atomic E-state index is 0.0576. The van der Waals surface area contributed by atoms with E-state index < -0.39 is 0 Å². The fraction of sp³-hybridized carbons (Fsp3) is 0.174. The third-order valence-electron chi connectivity index (χ3n) is 4.91. The van der Waals surface area contributed by atoms with Crippen LogP contribution < -0.4 is 10.2 Å². The van der Waals surface area contributed by atoms with E-state index in [1.54, 1.807) is 35.4 Å². The minimum Gasteiger partial charge on any atom is -0.321 e. The largest absolute Gasteiger partial charge is 0.326 e. The summed E-state index contributed by atoms with van der Waals surface area (Å²) in [6, 6.07) is 20.8. The van der Waals surface area contributed by atoms with E-state index >= 15 is 0 Å². The molecule has 3 amide bonds. The van der Waals surface area contributed by atoms with E-state index in [9.17, 15) is 9.59 Å². The van der Waals surface area contributed by atoms with Crippen LogP contribution in [-0.4, -0.2) is 34.9 Å². The first-order chi connectivity index (χ1) is 14.1. The van der Waals surface area contributed by atoms with Gasteiger partial charge in [0.05, 0.1) is 11.9 Å². The van der Waals surface area contributed by atoms with Crippen molar-refractivity contribution in [1.82, 2.24) is 9.88 Å². The van der Waals surface area contributed by atoms with Crippen LogP contribution >= 0.6 is 0 Å². The molecule has 3 aromatic rings. The van der Waals surface area contributed by atoms with Gasteiger partial charge in [-0.2, -0.15) is 0 Å². The van der Waals surface area contributed by atoms with Gasteiger partial charge in [0.1, 0.15) is 5.82 Å². The molecule has 1 aliphatic rings. The standard InChI is InChI=1S/C23H22N4O2/c1-17-7-9-19(10-8-17)22(28)25-20-11-12-21(24-15-20)27-14-13-26(23(27)29)16-18-5-3-2-4-6-18/h2-12,15H,13-14,16H2,1H3,(H,25,28). The van der Waals surface area contributed by atoms with Crippen molar-refractivity contribution in [3.05, 3.63) is 89.6 Å². The highest BCUT2D eigenvalue weighted by Crippen LogP contribution is 2.21. The van der Waals surface area contributed by atoms with Crippen LogP contribution in [0.2, 0.25) is 0 Å². The summed E-state index contributed by atoms with van der Waals surface area (Å²) in [5, 5.41) is 2.83. The predicted octanol–water partition coefficient (Wildman–Crippen LogP) is 4.08. The average molecular weight is 386 g/mol. The second-order valence-corrected chi connectivity index (χ2v) is 7.07. The maximum atomic E-state index is 12.7. The lowest BCUT2D eigenvalue weighted by Gasteiger charge is -2.18. The first-order valence-corrected chi connectivity index (χ1v) is 9.54. The molecular weight excluding hydrogens is 364 g/mol. The van der Waals surface area contributed by atoms with Crippen molar-refractivity contribution in [3.63, 3.8) is 0 Å². The second-order valence-electron chi connectivity index (χ2n) is 7.07. The molecule has 2 heterocycles. The van der Waals surface area contributed by atoms with Crippen LogP contribution in [0.15, 0.2) is 72.9 Å². The Hall–Kier alpha value is -3.67. The zero-order valence-corrected chi connectivity index (χ0v) is 16.2. The Balaban J connectivity index is 1.39. The summed E-state index contributed by atoms with van der Waals surface area (Å²) in [6.07, 6.45) is 1.58. The number of nitrogens with zero attached hydrogens (tertiary/aromatic N) is 3. The number of anilines is 2. The molecule has 0 aliphatic carbocycles. The summed E-state index contributed by atoms with van der Waals surface area (Å²) in [5.41, 5.74) is 3.38. The lowest BCUT2D eigenvalue weighted by atomic mass is 10.1. The molecular formula is C23H22N4O2. The first-order valence-electron chi connectivity index (χ1n) is 9.54. The van der Waals surface area contributed by atoms with Crippen molar-refractivity contribution in [3.8, 4) is 0 Å². The topological polar surface area (TPSA) is 65.5 Å². The monoisotopic (exact) mass is 386 g/mol. The van der Waals surface area contributed by atoms with Crippen LogP contribution in [-0.2, 0) is 6.54 Å². The van der Waals surface area contributed by atoms with Gasteiger partial charge in [-0.1, -0.05) is 48.0 Å². The number of amides is 3. The summed E-state index contributed by atoms with van der Waals surface area (Å²) in [6.45, 7) is 3.81. The zero-order valence-electron chi connectivity index (χ0n) is 16.2. The summed E-state index contributed by atoms with van der Waals surface area (Å²) in [7, 11) is 0. The third-order valence-corrected chi connectivity index (χ3v) is 4.91. The van der Waals surface area contributed by atoms with E-state index in [4.69, 9.17) is 0 Å². The number of urea groups is 1. The van der Waals surface area contributed by atoms with E-state index in [1.807, 2.05) is 54.3 Å². The van der Waals surface area contributed by atoms with Crippen molar-refractivity contribution >= 4 is 23.4 Å². The molecule has 4 rings (SSSR count). The molecule has 1 saturated heterocycles. The highest BCUT2D eigenvalue weighted by molar-refractivity contribution is 6.04. The predicted molar refractivity (Wildman–Crippen MR) is 113 cm³/mol. The van der Waals surface area contributed by atoms with Gasteiger partial charge in [-0.05, 0) is 36.8 Å². The molecule has 6 heteroatoms. The highest BCUT2D eigenvalue weighted by atomic mass is 16.2. The Morgan fingerprint density at radius 1 is 1.00 bits per heavy atom. The van der Waals surface area contributed by atoms with Crippen LogP contribution in [0.5, 0.6) is 0 Å². The van der Waals surface area contributed by atoms with Gasteiger partial charge in [-0.15, -0.1) is 0 Å². The molecule has 0 radical (unpaired) electrons. The lowest BCUT2D eigenvalue weighted by molar-refractivity contribution is 0.102. The van der Waals surface area contributed by atoms with Gasteiger partial charge in [-0.25, -0.2) is 9.78 Å². The summed E-state index contributed by atoms with van der Waals surface area (Å²) in [5.74, 6) is 0.393. The Bertz CT molecular complexity index is 1000. The number of hydrogen-bond acceptors (Lipinski definition) is 3. The summed E-state index contributed by atoms with van der Waals surface area (Å²) >= 11 is 0. The number of carbonyl (C=O) groups excluding carboxylic acids is 2.